The Labute approximate surface area is 136 Å². The number of rotatable bonds is 2. The van der Waals surface area contributed by atoms with Gasteiger partial charge in [-0.1, -0.05) is 18.2 Å². The number of nitrogens with zero attached hydrogens (tertiary/aromatic N) is 4. The second-order valence-electron chi connectivity index (χ2n) is 5.72. The second kappa shape index (κ2) is 5.16. The predicted molar refractivity (Wildman–Crippen MR) is 89.4 cm³/mol. The van der Waals surface area contributed by atoms with E-state index < -0.39 is 0 Å². The third-order valence-corrected chi connectivity index (χ3v) is 3.87. The van der Waals surface area contributed by atoms with Crippen LogP contribution in [0.1, 0.15) is 11.1 Å². The number of hydrogen-bond donors (Lipinski definition) is 1. The maximum atomic E-state index is 13.6. The summed E-state index contributed by atoms with van der Waals surface area (Å²) in [6, 6.07) is 11.9. The van der Waals surface area contributed by atoms with E-state index in [0.29, 0.717) is 22.2 Å². The van der Waals surface area contributed by atoms with Gasteiger partial charge in [0.15, 0.2) is 5.82 Å². The zero-order valence-corrected chi connectivity index (χ0v) is 12.9. The van der Waals surface area contributed by atoms with Gasteiger partial charge in [-0.25, -0.2) is 23.3 Å². The van der Waals surface area contributed by atoms with Crippen molar-refractivity contribution in [1.82, 2.24) is 19.2 Å². The molecule has 0 bridgehead atoms. The average molecular weight is 323 g/mol. The van der Waals surface area contributed by atoms with Crippen molar-refractivity contribution in [2.24, 2.45) is 0 Å². The van der Waals surface area contributed by atoms with Crippen molar-refractivity contribution in [2.75, 3.05) is 5.73 Å². The van der Waals surface area contributed by atoms with Crippen LogP contribution < -0.4 is 11.4 Å². The van der Waals surface area contributed by atoms with Crippen molar-refractivity contribution in [3.05, 3.63) is 69.9 Å². The lowest BCUT2D eigenvalue weighted by molar-refractivity contribution is 0.614. The van der Waals surface area contributed by atoms with Crippen molar-refractivity contribution in [1.29, 1.82) is 0 Å². The van der Waals surface area contributed by atoms with E-state index in [0.717, 1.165) is 5.56 Å². The van der Waals surface area contributed by atoms with Crippen molar-refractivity contribution >= 4 is 22.5 Å². The van der Waals surface area contributed by atoms with Gasteiger partial charge in [-0.05, 0) is 42.3 Å². The van der Waals surface area contributed by atoms with Crippen LogP contribution in [0.3, 0.4) is 0 Å². The molecule has 0 saturated heterocycles. The molecule has 0 saturated carbocycles. The number of benzene rings is 2. The first-order valence-corrected chi connectivity index (χ1v) is 7.43. The average Bonchev–Trinajstić information content (AvgIpc) is 2.84. The number of aromatic nitrogens is 4. The topological polar surface area (TPSA) is 78.2 Å². The van der Waals surface area contributed by atoms with Crippen molar-refractivity contribution in [3.8, 4) is 0 Å². The molecule has 120 valence electrons. The van der Waals surface area contributed by atoms with Gasteiger partial charge in [0, 0.05) is 0 Å². The molecule has 6 nitrogen and oxygen atoms in total. The summed E-state index contributed by atoms with van der Waals surface area (Å²) in [6.45, 7) is 1.96. The van der Waals surface area contributed by atoms with Crippen LogP contribution >= 0.6 is 0 Å². The first-order valence-electron chi connectivity index (χ1n) is 7.43. The quantitative estimate of drug-likeness (QED) is 0.613. The fourth-order valence-electron chi connectivity index (χ4n) is 2.90. The molecule has 0 fully saturated rings. The summed E-state index contributed by atoms with van der Waals surface area (Å²) in [5, 5.41) is 4.27. The summed E-state index contributed by atoms with van der Waals surface area (Å²) in [4.78, 5) is 17.0. The molecule has 2 N–H and O–H groups in total. The van der Waals surface area contributed by atoms with Crippen molar-refractivity contribution in [2.45, 2.75) is 13.5 Å². The SMILES string of the molecule is Cc1cc(F)cc(Cn2nc3c(N)nc4ccccc4n3c2=O)c1. The maximum Gasteiger partial charge on any atom is 0.351 e. The van der Waals surface area contributed by atoms with E-state index in [4.69, 9.17) is 5.73 Å². The fraction of sp³-hybridized carbons (Fsp3) is 0.118. The van der Waals surface area contributed by atoms with Crippen LogP contribution in [0.15, 0.2) is 47.3 Å². The largest absolute Gasteiger partial charge is 0.381 e. The molecular formula is C17H14FN5O. The molecule has 0 aliphatic rings. The van der Waals surface area contributed by atoms with Gasteiger partial charge in [0.25, 0.3) is 0 Å². The Balaban J connectivity index is 1.94. The van der Waals surface area contributed by atoms with Crippen LogP contribution in [0.5, 0.6) is 0 Å². The number of aryl methyl sites for hydroxylation is 1. The molecule has 0 amide bonds. The lowest BCUT2D eigenvalue weighted by Crippen LogP contribution is -2.22. The Bertz CT molecular complexity index is 1120. The van der Waals surface area contributed by atoms with Crippen molar-refractivity contribution in [3.63, 3.8) is 0 Å². The molecule has 0 aliphatic heterocycles. The molecule has 2 aromatic heterocycles. The highest BCUT2D eigenvalue weighted by Crippen LogP contribution is 2.17. The second-order valence-corrected chi connectivity index (χ2v) is 5.72. The summed E-state index contributed by atoms with van der Waals surface area (Å²) >= 11 is 0. The molecule has 4 aromatic rings. The van der Waals surface area contributed by atoms with Gasteiger partial charge in [-0.15, -0.1) is 5.10 Å². The fourth-order valence-corrected chi connectivity index (χ4v) is 2.90. The zero-order valence-electron chi connectivity index (χ0n) is 12.9. The molecule has 2 aromatic carbocycles. The molecule has 0 unspecified atom stereocenters. The standard InChI is InChI=1S/C17H14FN5O/c1-10-6-11(8-12(18)7-10)9-22-17(24)23-14-5-3-2-4-13(14)20-15(19)16(23)21-22/h2-8H,9H2,1H3,(H2,19,20). The van der Waals surface area contributed by atoms with Gasteiger partial charge in [0.05, 0.1) is 17.6 Å². The van der Waals surface area contributed by atoms with E-state index in [-0.39, 0.29) is 23.9 Å². The molecule has 24 heavy (non-hydrogen) atoms. The molecule has 7 heteroatoms. The molecule has 0 atom stereocenters. The molecule has 0 aliphatic carbocycles. The summed E-state index contributed by atoms with van der Waals surface area (Å²) < 4.78 is 16.3. The highest BCUT2D eigenvalue weighted by molar-refractivity contribution is 5.81. The van der Waals surface area contributed by atoms with Gasteiger partial charge >= 0.3 is 5.69 Å². The lowest BCUT2D eigenvalue weighted by Gasteiger charge is -2.02. The van der Waals surface area contributed by atoms with Gasteiger partial charge in [-0.2, -0.15) is 0 Å². The number of para-hydroxylation sites is 2. The van der Waals surface area contributed by atoms with E-state index in [1.807, 2.05) is 18.2 Å². The Morgan fingerprint density at radius 2 is 2.00 bits per heavy atom. The van der Waals surface area contributed by atoms with Crippen LogP contribution in [0, 0.1) is 12.7 Å². The summed E-state index contributed by atoms with van der Waals surface area (Å²) in [5.41, 5.74) is 8.60. The number of fused-ring (bicyclic) bond motifs is 3. The molecule has 4 rings (SSSR count). The Hall–Kier alpha value is -3.22. The molecule has 0 spiro atoms. The number of hydrogen-bond acceptors (Lipinski definition) is 4. The van der Waals surface area contributed by atoms with E-state index in [9.17, 15) is 9.18 Å². The molecular weight excluding hydrogens is 309 g/mol. The highest BCUT2D eigenvalue weighted by atomic mass is 19.1. The molecule has 2 heterocycles. The van der Waals surface area contributed by atoms with E-state index in [2.05, 4.69) is 10.1 Å². The minimum atomic E-state index is -0.339. The Morgan fingerprint density at radius 3 is 2.79 bits per heavy atom. The number of nitrogens with two attached hydrogens (primary N) is 1. The minimum Gasteiger partial charge on any atom is -0.381 e. The number of nitrogen functional groups attached to an aromatic ring is 1. The van der Waals surface area contributed by atoms with E-state index in [1.54, 1.807) is 19.1 Å². The normalized spacial score (nSPS) is 11.4. The first kappa shape index (κ1) is 14.4. The monoisotopic (exact) mass is 323 g/mol. The van der Waals surface area contributed by atoms with Crippen LogP contribution in [-0.4, -0.2) is 19.2 Å². The number of halogens is 1. The summed E-state index contributed by atoms with van der Waals surface area (Å²) in [7, 11) is 0. The van der Waals surface area contributed by atoms with Gasteiger partial charge in [-0.3, -0.25) is 0 Å². The molecule has 0 radical (unpaired) electrons. The Morgan fingerprint density at radius 1 is 1.21 bits per heavy atom. The number of anilines is 1. The van der Waals surface area contributed by atoms with Gasteiger partial charge in [0.1, 0.15) is 5.82 Å². The van der Waals surface area contributed by atoms with Gasteiger partial charge < -0.3 is 5.73 Å². The minimum absolute atomic E-state index is 0.160. The van der Waals surface area contributed by atoms with Crippen molar-refractivity contribution < 1.29 is 4.39 Å². The van der Waals surface area contributed by atoms with E-state index >= 15 is 0 Å². The zero-order chi connectivity index (χ0) is 16.8. The lowest BCUT2D eigenvalue weighted by atomic mass is 10.1. The summed E-state index contributed by atoms with van der Waals surface area (Å²) in [5.74, 6) is -0.159. The van der Waals surface area contributed by atoms with Crippen LogP contribution in [-0.2, 0) is 6.54 Å². The third-order valence-electron chi connectivity index (χ3n) is 3.87. The van der Waals surface area contributed by atoms with Crippen LogP contribution in [0.25, 0.3) is 16.7 Å². The van der Waals surface area contributed by atoms with E-state index in [1.165, 1.54) is 21.2 Å². The highest BCUT2D eigenvalue weighted by Gasteiger charge is 2.14. The summed E-state index contributed by atoms with van der Waals surface area (Å²) in [6.07, 6.45) is 0. The Kier molecular flexibility index (Phi) is 3.09. The van der Waals surface area contributed by atoms with Crippen LogP contribution in [0.4, 0.5) is 10.2 Å². The maximum absolute atomic E-state index is 13.6. The predicted octanol–water partition coefficient (Wildman–Crippen LogP) is 2.12. The smallest absolute Gasteiger partial charge is 0.351 e. The van der Waals surface area contributed by atoms with Crippen LogP contribution in [0.2, 0.25) is 0 Å². The first-order chi connectivity index (χ1) is 11.5. The third kappa shape index (κ3) is 2.21. The van der Waals surface area contributed by atoms with Gasteiger partial charge in [0.2, 0.25) is 5.65 Å².